The first-order valence-electron chi connectivity index (χ1n) is 6.85. The molecule has 0 saturated carbocycles. The van der Waals surface area contributed by atoms with Gasteiger partial charge >= 0.3 is 12.0 Å². The van der Waals surface area contributed by atoms with E-state index in [1.54, 1.807) is 4.90 Å². The van der Waals surface area contributed by atoms with Gasteiger partial charge in [0.05, 0.1) is 6.10 Å². The smallest absolute Gasteiger partial charge is 0.317 e. The van der Waals surface area contributed by atoms with Gasteiger partial charge in [0.2, 0.25) is 0 Å². The maximum Gasteiger partial charge on any atom is 0.317 e. The van der Waals surface area contributed by atoms with Crippen LogP contribution >= 0.6 is 0 Å². The van der Waals surface area contributed by atoms with E-state index >= 15 is 0 Å². The summed E-state index contributed by atoms with van der Waals surface area (Å²) in [7, 11) is 0. The first kappa shape index (κ1) is 15.8. The summed E-state index contributed by atoms with van der Waals surface area (Å²) in [4.78, 5) is 24.1. The number of aliphatic hydroxyl groups excluding tert-OH is 1. The molecular formula is C13H24N2O4. The number of carboxylic acid groups (broad SMARTS) is 1. The standard InChI is InChI=1S/C13H24N2O4/c1-9-8-15(7-6-11(9)16)13(19)14-10(2)4-3-5-12(17)18/h9-11,16H,3-8H2,1-2H3,(H,14,19)(H,17,18). The summed E-state index contributed by atoms with van der Waals surface area (Å²) in [5.74, 6) is -0.709. The van der Waals surface area contributed by atoms with Crippen molar-refractivity contribution in [1.82, 2.24) is 10.2 Å². The highest BCUT2D eigenvalue weighted by Gasteiger charge is 2.27. The zero-order chi connectivity index (χ0) is 14.4. The Labute approximate surface area is 113 Å². The van der Waals surface area contributed by atoms with E-state index < -0.39 is 5.97 Å². The third-order valence-electron chi connectivity index (χ3n) is 3.54. The Morgan fingerprint density at radius 2 is 2.16 bits per heavy atom. The number of aliphatic carboxylic acids is 1. The maximum atomic E-state index is 12.0. The van der Waals surface area contributed by atoms with E-state index in [0.29, 0.717) is 32.4 Å². The Bertz CT molecular complexity index is 322. The Balaban J connectivity index is 2.28. The molecule has 1 heterocycles. The monoisotopic (exact) mass is 272 g/mol. The largest absolute Gasteiger partial charge is 0.481 e. The Hall–Kier alpha value is -1.30. The first-order chi connectivity index (χ1) is 8.90. The maximum absolute atomic E-state index is 12.0. The fraction of sp³-hybridized carbons (Fsp3) is 0.846. The molecule has 1 fully saturated rings. The molecule has 1 saturated heterocycles. The van der Waals surface area contributed by atoms with Crippen LogP contribution < -0.4 is 5.32 Å². The van der Waals surface area contributed by atoms with Crippen LogP contribution in [-0.2, 0) is 4.79 Å². The molecular weight excluding hydrogens is 248 g/mol. The fourth-order valence-corrected chi connectivity index (χ4v) is 2.25. The summed E-state index contributed by atoms with van der Waals surface area (Å²) < 4.78 is 0. The molecule has 110 valence electrons. The lowest BCUT2D eigenvalue weighted by Gasteiger charge is -2.35. The highest BCUT2D eigenvalue weighted by atomic mass is 16.4. The molecule has 19 heavy (non-hydrogen) atoms. The molecule has 1 aliphatic rings. The third kappa shape index (κ3) is 5.46. The quantitative estimate of drug-likeness (QED) is 0.697. The second-order valence-corrected chi connectivity index (χ2v) is 5.42. The van der Waals surface area contributed by atoms with Crippen molar-refractivity contribution in [2.75, 3.05) is 13.1 Å². The van der Waals surface area contributed by atoms with E-state index in [1.165, 1.54) is 0 Å². The van der Waals surface area contributed by atoms with Crippen molar-refractivity contribution < 1.29 is 19.8 Å². The number of carboxylic acids is 1. The Morgan fingerprint density at radius 1 is 1.47 bits per heavy atom. The van der Waals surface area contributed by atoms with Crippen molar-refractivity contribution in [2.24, 2.45) is 5.92 Å². The van der Waals surface area contributed by atoms with Crippen LogP contribution in [-0.4, -0.2) is 52.3 Å². The minimum atomic E-state index is -0.808. The van der Waals surface area contributed by atoms with Crippen molar-refractivity contribution in [3.05, 3.63) is 0 Å². The molecule has 0 aromatic rings. The third-order valence-corrected chi connectivity index (χ3v) is 3.54. The highest BCUT2D eigenvalue weighted by molar-refractivity contribution is 5.74. The number of likely N-dealkylation sites (tertiary alicyclic amines) is 1. The van der Waals surface area contributed by atoms with Gasteiger partial charge in [-0.15, -0.1) is 0 Å². The van der Waals surface area contributed by atoms with E-state index in [-0.39, 0.29) is 30.5 Å². The van der Waals surface area contributed by atoms with Crippen LogP contribution in [0.2, 0.25) is 0 Å². The zero-order valence-electron chi connectivity index (χ0n) is 11.6. The summed E-state index contributed by atoms with van der Waals surface area (Å²) in [6.45, 7) is 4.94. The van der Waals surface area contributed by atoms with Gasteiger partial charge in [-0.2, -0.15) is 0 Å². The lowest BCUT2D eigenvalue weighted by atomic mass is 9.97. The van der Waals surface area contributed by atoms with Crippen molar-refractivity contribution in [3.63, 3.8) is 0 Å². The molecule has 0 aromatic carbocycles. The lowest BCUT2D eigenvalue weighted by molar-refractivity contribution is -0.137. The fourth-order valence-electron chi connectivity index (χ4n) is 2.25. The van der Waals surface area contributed by atoms with Crippen LogP contribution in [0.15, 0.2) is 0 Å². The van der Waals surface area contributed by atoms with Crippen LogP contribution in [0, 0.1) is 5.92 Å². The summed E-state index contributed by atoms with van der Waals surface area (Å²) >= 11 is 0. The van der Waals surface area contributed by atoms with Crippen molar-refractivity contribution in [3.8, 4) is 0 Å². The molecule has 3 unspecified atom stereocenters. The molecule has 6 heteroatoms. The first-order valence-corrected chi connectivity index (χ1v) is 6.85. The summed E-state index contributed by atoms with van der Waals surface area (Å²) in [6, 6.07) is -0.157. The number of amides is 2. The molecule has 0 aliphatic carbocycles. The summed E-state index contributed by atoms with van der Waals surface area (Å²) in [6.07, 6.45) is 1.64. The Kier molecular flexibility index (Phi) is 6.08. The molecule has 0 radical (unpaired) electrons. The second kappa shape index (κ2) is 7.33. The van der Waals surface area contributed by atoms with Gasteiger partial charge in [-0.3, -0.25) is 4.79 Å². The van der Waals surface area contributed by atoms with Gasteiger partial charge in [-0.1, -0.05) is 6.92 Å². The van der Waals surface area contributed by atoms with Gasteiger partial charge in [-0.05, 0) is 32.1 Å². The normalized spacial score (nSPS) is 24.9. The molecule has 2 amide bonds. The summed E-state index contributed by atoms with van der Waals surface area (Å²) in [5.41, 5.74) is 0. The van der Waals surface area contributed by atoms with Gasteiger partial charge in [0, 0.05) is 25.6 Å². The van der Waals surface area contributed by atoms with Gasteiger partial charge < -0.3 is 20.4 Å². The topological polar surface area (TPSA) is 89.9 Å². The molecule has 0 aromatic heterocycles. The average molecular weight is 272 g/mol. The van der Waals surface area contributed by atoms with Gasteiger partial charge in [0.1, 0.15) is 0 Å². The number of hydrogen-bond acceptors (Lipinski definition) is 3. The number of hydrogen-bond donors (Lipinski definition) is 3. The number of nitrogens with one attached hydrogen (secondary N) is 1. The van der Waals surface area contributed by atoms with Crippen LogP contribution in [0.3, 0.4) is 0 Å². The minimum Gasteiger partial charge on any atom is -0.481 e. The van der Waals surface area contributed by atoms with Crippen LogP contribution in [0.4, 0.5) is 4.79 Å². The van der Waals surface area contributed by atoms with Crippen molar-refractivity contribution >= 4 is 12.0 Å². The van der Waals surface area contributed by atoms with E-state index in [0.717, 1.165) is 0 Å². The number of urea groups is 1. The Morgan fingerprint density at radius 3 is 2.74 bits per heavy atom. The number of piperidine rings is 1. The highest BCUT2D eigenvalue weighted by Crippen LogP contribution is 2.16. The second-order valence-electron chi connectivity index (χ2n) is 5.42. The number of carbonyl (C=O) groups excluding carboxylic acids is 1. The van der Waals surface area contributed by atoms with Crippen LogP contribution in [0.5, 0.6) is 0 Å². The van der Waals surface area contributed by atoms with E-state index in [2.05, 4.69) is 5.32 Å². The number of carbonyl (C=O) groups is 2. The zero-order valence-corrected chi connectivity index (χ0v) is 11.6. The van der Waals surface area contributed by atoms with E-state index in [4.69, 9.17) is 5.11 Å². The van der Waals surface area contributed by atoms with Gasteiger partial charge in [0.25, 0.3) is 0 Å². The molecule has 0 bridgehead atoms. The molecule has 0 spiro atoms. The van der Waals surface area contributed by atoms with Crippen LogP contribution in [0.1, 0.15) is 39.5 Å². The summed E-state index contributed by atoms with van der Waals surface area (Å²) in [5, 5.41) is 21.0. The molecule has 6 nitrogen and oxygen atoms in total. The minimum absolute atomic E-state index is 0.0333. The van der Waals surface area contributed by atoms with Crippen molar-refractivity contribution in [2.45, 2.75) is 51.7 Å². The number of nitrogens with zero attached hydrogens (tertiary/aromatic N) is 1. The van der Waals surface area contributed by atoms with E-state index in [1.807, 2.05) is 13.8 Å². The number of aliphatic hydroxyl groups is 1. The van der Waals surface area contributed by atoms with Crippen LogP contribution in [0.25, 0.3) is 0 Å². The predicted octanol–water partition coefficient (Wildman–Crippen LogP) is 1.04. The molecule has 1 aliphatic heterocycles. The average Bonchev–Trinajstić information content (AvgIpc) is 2.32. The van der Waals surface area contributed by atoms with E-state index in [9.17, 15) is 14.7 Å². The lowest BCUT2D eigenvalue weighted by Crippen LogP contribution is -2.50. The molecule has 3 N–H and O–H groups in total. The predicted molar refractivity (Wildman–Crippen MR) is 70.8 cm³/mol. The molecule has 3 atom stereocenters. The van der Waals surface area contributed by atoms with Crippen molar-refractivity contribution in [1.29, 1.82) is 0 Å². The number of rotatable bonds is 5. The van der Waals surface area contributed by atoms with Gasteiger partial charge in [-0.25, -0.2) is 4.79 Å². The molecule has 1 rings (SSSR count). The van der Waals surface area contributed by atoms with Gasteiger partial charge in [0.15, 0.2) is 0 Å². The SMILES string of the molecule is CC(CCCC(=O)O)NC(=O)N1CCC(O)C(C)C1.